The minimum absolute atomic E-state index is 0.0546. The normalized spacial score (nSPS) is 12.1. The Hall–Kier alpha value is -6.37. The van der Waals surface area contributed by atoms with Crippen molar-refractivity contribution in [1.82, 2.24) is 35.1 Å². The molecular weight excluding hydrogens is 830 g/mol. The molecule has 1 N–H and O–H groups in total. The molecule has 0 saturated carbocycles. The van der Waals surface area contributed by atoms with E-state index in [4.69, 9.17) is 36.2 Å². The van der Waals surface area contributed by atoms with Crippen LogP contribution in [0.1, 0.15) is 59.3 Å². The highest BCUT2D eigenvalue weighted by molar-refractivity contribution is 9.10. The molecule has 0 spiro atoms. The molecule has 13 heteroatoms. The maximum atomic E-state index is 13.5. The number of esters is 1. The van der Waals surface area contributed by atoms with Crippen LogP contribution >= 0.6 is 27.5 Å². The van der Waals surface area contributed by atoms with Crippen molar-refractivity contribution in [2.24, 2.45) is 0 Å². The molecule has 59 heavy (non-hydrogen) atoms. The number of hydrogen-bond acceptors (Lipinski definition) is 8. The average Bonchev–Trinajstić information content (AvgIpc) is 3.98. The summed E-state index contributed by atoms with van der Waals surface area (Å²) in [5, 5.41) is 18.2. The summed E-state index contributed by atoms with van der Waals surface area (Å²) in [7, 11) is 0. The van der Waals surface area contributed by atoms with Crippen molar-refractivity contribution in [1.29, 1.82) is 0 Å². The zero-order valence-corrected chi connectivity index (χ0v) is 34.8. The number of nitrogens with zero attached hydrogens (tertiary/aromatic N) is 6. The lowest BCUT2D eigenvalue weighted by Gasteiger charge is -2.34. The van der Waals surface area contributed by atoms with E-state index >= 15 is 0 Å². The predicted molar refractivity (Wildman–Crippen MR) is 230 cm³/mol. The monoisotopic (exact) mass is 867 g/mol. The van der Waals surface area contributed by atoms with Gasteiger partial charge in [-0.3, -0.25) is 4.79 Å². The van der Waals surface area contributed by atoms with Gasteiger partial charge in [-0.25, -0.2) is 9.78 Å². The number of fused-ring (bicyclic) bond motifs is 1. The summed E-state index contributed by atoms with van der Waals surface area (Å²) in [6, 6.07) is 43.4. The van der Waals surface area contributed by atoms with E-state index in [0.29, 0.717) is 29.4 Å². The number of furan rings is 1. The zero-order chi connectivity index (χ0) is 41.1. The van der Waals surface area contributed by atoms with E-state index in [2.05, 4.69) is 62.6 Å². The fraction of sp³-hybridized carbons (Fsp3) is 0.174. The van der Waals surface area contributed by atoms with Gasteiger partial charge >= 0.3 is 5.97 Å². The smallest absolute Gasteiger partial charge is 0.328 e. The Bertz CT molecular complexity index is 2670. The maximum Gasteiger partial charge on any atom is 0.328 e. The van der Waals surface area contributed by atoms with E-state index in [0.717, 1.165) is 43.2 Å². The number of benzene rings is 5. The molecule has 0 fully saturated rings. The van der Waals surface area contributed by atoms with Crippen LogP contribution < -0.4 is 5.32 Å². The molecule has 0 saturated heterocycles. The van der Waals surface area contributed by atoms with Crippen LogP contribution in [-0.4, -0.2) is 54.3 Å². The third-order valence-corrected chi connectivity index (χ3v) is 11.3. The molecule has 3 heterocycles. The summed E-state index contributed by atoms with van der Waals surface area (Å²) in [6.45, 7) is 5.71. The Morgan fingerprint density at radius 3 is 2.03 bits per heavy atom. The van der Waals surface area contributed by atoms with Gasteiger partial charge in [0.1, 0.15) is 28.9 Å². The molecule has 5 aromatic carbocycles. The zero-order valence-electron chi connectivity index (χ0n) is 32.5. The topological polar surface area (TPSA) is 130 Å². The van der Waals surface area contributed by atoms with Crippen LogP contribution in [0.3, 0.4) is 0 Å². The quantitative estimate of drug-likeness (QED) is 0.0897. The Labute approximate surface area is 354 Å². The molecule has 1 atom stereocenters. The van der Waals surface area contributed by atoms with Crippen molar-refractivity contribution in [2.75, 3.05) is 6.61 Å². The molecule has 0 bridgehead atoms. The summed E-state index contributed by atoms with van der Waals surface area (Å²) >= 11 is 10.4. The third-order valence-electron chi connectivity index (χ3n) is 10.3. The van der Waals surface area contributed by atoms with Gasteiger partial charge in [0.15, 0.2) is 10.7 Å². The molecule has 0 aliphatic carbocycles. The minimum atomic E-state index is -0.933. The third kappa shape index (κ3) is 7.34. The molecule has 0 radical (unpaired) electrons. The molecular formula is C46H39BrClN7O4. The maximum absolute atomic E-state index is 13.5. The van der Waals surface area contributed by atoms with Gasteiger partial charge in [-0.15, -0.1) is 15.0 Å². The molecule has 8 aromatic rings. The predicted octanol–water partition coefficient (Wildman–Crippen LogP) is 9.50. The second-order valence-corrected chi connectivity index (χ2v) is 15.0. The Kier molecular flexibility index (Phi) is 11.3. The molecule has 0 aliphatic heterocycles. The second kappa shape index (κ2) is 16.8. The van der Waals surface area contributed by atoms with Gasteiger partial charge in [0.25, 0.3) is 5.91 Å². The van der Waals surface area contributed by atoms with Crippen LogP contribution in [0.2, 0.25) is 5.15 Å². The van der Waals surface area contributed by atoms with Gasteiger partial charge in [-0.1, -0.05) is 140 Å². The van der Waals surface area contributed by atoms with E-state index in [1.54, 1.807) is 23.2 Å². The number of nitrogens with one attached hydrogen (secondary N) is 1. The van der Waals surface area contributed by atoms with Crippen LogP contribution in [-0.2, 0) is 28.0 Å². The Balaban J connectivity index is 1.17. The lowest BCUT2D eigenvalue weighted by Crippen LogP contribution is -2.40. The number of rotatable bonds is 13. The first-order chi connectivity index (χ1) is 28.7. The van der Waals surface area contributed by atoms with Crippen LogP contribution in [0.4, 0.5) is 0 Å². The van der Waals surface area contributed by atoms with Gasteiger partial charge in [-0.05, 0) is 69.4 Å². The van der Waals surface area contributed by atoms with Gasteiger partial charge in [0.05, 0.1) is 11.1 Å². The number of hydrogen-bond donors (Lipinski definition) is 1. The van der Waals surface area contributed by atoms with Crippen molar-refractivity contribution in [3.8, 4) is 22.7 Å². The Morgan fingerprint density at radius 2 is 1.44 bits per heavy atom. The van der Waals surface area contributed by atoms with E-state index in [1.165, 1.54) is 0 Å². The molecule has 8 rings (SSSR count). The molecule has 0 aliphatic rings. The number of aryl methyl sites for hydroxylation is 1. The molecule has 11 nitrogen and oxygen atoms in total. The summed E-state index contributed by atoms with van der Waals surface area (Å²) in [5.74, 6) is 0.587. The lowest BCUT2D eigenvalue weighted by molar-refractivity contribution is -0.144. The van der Waals surface area contributed by atoms with Crippen LogP contribution in [0, 0.1) is 0 Å². The summed E-state index contributed by atoms with van der Waals surface area (Å²) in [4.78, 5) is 31.9. The Morgan fingerprint density at radius 1 is 0.847 bits per heavy atom. The standard InChI is InChI=1S/C46H39BrClN7O4/c1-4-38-50-42(48)40(44(56)49-29(3)45(57)58-5-2)54(38)28-30-25-26-37-36(27-30)39(47)41(59-37)34-23-15-16-24-35(34)43-51-53-55(52-43)46(31-17-9-6-10-18-31,32-19-11-7-12-20-32)33-21-13-8-14-22-33/h6-27,29H,4-5,28H2,1-3H3,(H,49,56)/t29-/m0/s1. The first-order valence-electron chi connectivity index (χ1n) is 19.2. The number of tetrazole rings is 1. The van der Waals surface area contributed by atoms with Crippen LogP contribution in [0.5, 0.6) is 0 Å². The number of aromatic nitrogens is 6. The van der Waals surface area contributed by atoms with Crippen LogP contribution in [0.25, 0.3) is 33.7 Å². The fourth-order valence-electron chi connectivity index (χ4n) is 7.51. The molecule has 0 unspecified atom stereocenters. The van der Waals surface area contributed by atoms with Crippen LogP contribution in [0.15, 0.2) is 142 Å². The second-order valence-electron chi connectivity index (χ2n) is 13.9. The number of halogens is 2. The van der Waals surface area contributed by atoms with Crippen molar-refractivity contribution in [2.45, 2.75) is 45.3 Å². The number of carbonyl (C=O) groups is 2. The summed E-state index contributed by atoms with van der Waals surface area (Å²) in [5.41, 5.74) is 5.20. The molecule has 296 valence electrons. The van der Waals surface area contributed by atoms with Crippen molar-refractivity contribution in [3.63, 3.8) is 0 Å². The van der Waals surface area contributed by atoms with Gasteiger partial charge in [0.2, 0.25) is 5.82 Å². The van der Waals surface area contributed by atoms with E-state index in [9.17, 15) is 9.59 Å². The number of carbonyl (C=O) groups excluding carboxylic acids is 2. The summed E-state index contributed by atoms with van der Waals surface area (Å²) < 4.78 is 14.1. The molecule has 1 amide bonds. The molecule has 3 aromatic heterocycles. The minimum Gasteiger partial charge on any atom is -0.464 e. The highest BCUT2D eigenvalue weighted by atomic mass is 79.9. The summed E-state index contributed by atoms with van der Waals surface area (Å²) in [6.07, 6.45) is 0.529. The number of ether oxygens (including phenoxy) is 1. The number of amides is 1. The van der Waals surface area contributed by atoms with E-state index in [-0.39, 0.29) is 24.0 Å². The van der Waals surface area contributed by atoms with E-state index in [1.807, 2.05) is 104 Å². The highest BCUT2D eigenvalue weighted by Gasteiger charge is 2.41. The fourth-order valence-corrected chi connectivity index (χ4v) is 8.40. The van der Waals surface area contributed by atoms with Gasteiger partial charge < -0.3 is 19.0 Å². The SMILES string of the molecule is CCOC(=O)[C@H](C)NC(=O)c1c(Cl)nc(CC)n1Cc1ccc2oc(-c3ccccc3-c3nnn(C(c4ccccc4)(c4ccccc4)c4ccccc4)n3)c(Br)c2c1. The van der Waals surface area contributed by atoms with Crippen molar-refractivity contribution in [3.05, 3.63) is 177 Å². The lowest BCUT2D eigenvalue weighted by atomic mass is 9.77. The van der Waals surface area contributed by atoms with Gasteiger partial charge in [0, 0.05) is 29.5 Å². The first-order valence-corrected chi connectivity index (χ1v) is 20.4. The highest BCUT2D eigenvalue weighted by Crippen LogP contribution is 2.43. The average molecular weight is 869 g/mol. The van der Waals surface area contributed by atoms with Crippen molar-refractivity contribution < 1.29 is 18.7 Å². The first kappa shape index (κ1) is 39.5. The van der Waals surface area contributed by atoms with E-state index < -0.39 is 23.5 Å². The largest absolute Gasteiger partial charge is 0.464 e. The van der Waals surface area contributed by atoms with Crippen molar-refractivity contribution >= 4 is 50.4 Å². The number of imidazole rings is 1. The van der Waals surface area contributed by atoms with Gasteiger partial charge in [-0.2, -0.15) is 0 Å².